The Bertz CT molecular complexity index is 492. The third-order valence-corrected chi connectivity index (χ3v) is 6.40. The van der Waals surface area contributed by atoms with E-state index in [0.717, 1.165) is 18.0 Å². The number of hydrogen-bond acceptors (Lipinski definition) is 3. The molecule has 3 nitrogen and oxygen atoms in total. The zero-order chi connectivity index (χ0) is 18.4. The van der Waals surface area contributed by atoms with Gasteiger partial charge in [0.15, 0.2) is 0 Å². The molecule has 1 aliphatic rings. The second-order valence-electron chi connectivity index (χ2n) is 8.16. The third kappa shape index (κ3) is 5.29. The number of benzene rings is 1. The summed E-state index contributed by atoms with van der Waals surface area (Å²) in [7, 11) is 1.86. The number of nitrogens with one attached hydrogen (secondary N) is 1. The molecule has 1 saturated carbocycles. The minimum Gasteiger partial charge on any atom is -0.387 e. The van der Waals surface area contributed by atoms with Crippen LogP contribution >= 0.6 is 0 Å². The summed E-state index contributed by atoms with van der Waals surface area (Å²) >= 11 is 0. The van der Waals surface area contributed by atoms with Gasteiger partial charge in [-0.15, -0.1) is 0 Å². The third-order valence-electron chi connectivity index (χ3n) is 6.40. The highest BCUT2D eigenvalue weighted by atomic mass is 16.5. The van der Waals surface area contributed by atoms with Crippen molar-refractivity contribution in [1.82, 2.24) is 5.32 Å². The SMILES string of the molecule is COC(C(C)CNC(C)C(O)c1ccccc1)C1CCCC(C)C1C. The highest BCUT2D eigenvalue weighted by Crippen LogP contribution is 2.39. The highest BCUT2D eigenvalue weighted by molar-refractivity contribution is 5.18. The molecule has 0 amide bonds. The Kier molecular flexibility index (Phi) is 7.92. The number of aliphatic hydroxyl groups is 1. The van der Waals surface area contributed by atoms with E-state index in [9.17, 15) is 5.11 Å². The van der Waals surface area contributed by atoms with Gasteiger partial charge in [0.2, 0.25) is 0 Å². The van der Waals surface area contributed by atoms with E-state index in [-0.39, 0.29) is 12.1 Å². The van der Waals surface area contributed by atoms with Crippen molar-refractivity contribution < 1.29 is 9.84 Å². The molecule has 0 saturated heterocycles. The zero-order valence-electron chi connectivity index (χ0n) is 16.6. The van der Waals surface area contributed by atoms with Crippen molar-refractivity contribution >= 4 is 0 Å². The summed E-state index contributed by atoms with van der Waals surface area (Å²) in [4.78, 5) is 0. The molecule has 1 aliphatic carbocycles. The van der Waals surface area contributed by atoms with Gasteiger partial charge in [0.05, 0.1) is 12.2 Å². The average molecular weight is 348 g/mol. The van der Waals surface area contributed by atoms with Crippen molar-refractivity contribution in [3.8, 4) is 0 Å². The molecule has 0 radical (unpaired) electrons. The van der Waals surface area contributed by atoms with Crippen LogP contribution in [0.3, 0.4) is 0 Å². The molecule has 1 aromatic rings. The summed E-state index contributed by atoms with van der Waals surface area (Å²) in [6.45, 7) is 9.96. The van der Waals surface area contributed by atoms with Crippen molar-refractivity contribution in [1.29, 1.82) is 0 Å². The Labute approximate surface area is 154 Å². The van der Waals surface area contributed by atoms with Crippen LogP contribution in [-0.4, -0.2) is 30.9 Å². The first-order chi connectivity index (χ1) is 12.0. The maximum atomic E-state index is 10.5. The van der Waals surface area contributed by atoms with E-state index in [0.29, 0.717) is 17.8 Å². The molecule has 7 unspecified atom stereocenters. The maximum Gasteiger partial charge on any atom is 0.0940 e. The highest BCUT2D eigenvalue weighted by Gasteiger charge is 2.35. The maximum absolute atomic E-state index is 10.5. The Morgan fingerprint density at radius 2 is 1.84 bits per heavy atom. The Hall–Kier alpha value is -0.900. The van der Waals surface area contributed by atoms with Gasteiger partial charge in [-0.05, 0) is 42.6 Å². The van der Waals surface area contributed by atoms with E-state index in [4.69, 9.17) is 4.74 Å². The molecule has 25 heavy (non-hydrogen) atoms. The van der Waals surface area contributed by atoms with E-state index in [1.165, 1.54) is 19.3 Å². The van der Waals surface area contributed by atoms with Crippen molar-refractivity contribution in [3.05, 3.63) is 35.9 Å². The summed E-state index contributed by atoms with van der Waals surface area (Å²) in [5.41, 5.74) is 0.966. The standard InChI is InChI=1S/C22H37NO2/c1-15-10-9-13-20(17(15)3)22(25-5)16(2)14-23-18(4)21(24)19-11-7-6-8-12-19/h6-8,11-12,15-18,20-24H,9-10,13-14H2,1-5H3. The summed E-state index contributed by atoms with van der Waals surface area (Å²) < 4.78 is 5.95. The van der Waals surface area contributed by atoms with E-state index >= 15 is 0 Å². The number of aliphatic hydroxyl groups excluding tert-OH is 1. The van der Waals surface area contributed by atoms with Crippen LogP contribution in [0.25, 0.3) is 0 Å². The lowest BCUT2D eigenvalue weighted by Gasteiger charge is -2.41. The van der Waals surface area contributed by atoms with E-state index in [1.807, 2.05) is 37.4 Å². The lowest BCUT2D eigenvalue weighted by atomic mass is 9.69. The Morgan fingerprint density at radius 1 is 1.16 bits per heavy atom. The minimum absolute atomic E-state index is 0.0186. The van der Waals surface area contributed by atoms with Crippen LogP contribution in [0.5, 0.6) is 0 Å². The Morgan fingerprint density at radius 3 is 2.48 bits per heavy atom. The van der Waals surface area contributed by atoms with Gasteiger partial charge in [0.25, 0.3) is 0 Å². The largest absolute Gasteiger partial charge is 0.387 e. The van der Waals surface area contributed by atoms with E-state index in [2.05, 4.69) is 33.0 Å². The summed E-state index contributed by atoms with van der Waals surface area (Å²) in [5.74, 6) is 2.57. The summed E-state index contributed by atoms with van der Waals surface area (Å²) in [6.07, 6.45) is 3.74. The first-order valence-corrected chi connectivity index (χ1v) is 9.94. The smallest absolute Gasteiger partial charge is 0.0940 e. The van der Waals surface area contributed by atoms with Crippen molar-refractivity contribution in [2.75, 3.05) is 13.7 Å². The molecule has 1 aromatic carbocycles. The van der Waals surface area contributed by atoms with Crippen LogP contribution in [0.2, 0.25) is 0 Å². The predicted molar refractivity (Wildman–Crippen MR) is 104 cm³/mol. The lowest BCUT2D eigenvalue weighted by molar-refractivity contribution is -0.0333. The van der Waals surface area contributed by atoms with Gasteiger partial charge in [-0.2, -0.15) is 0 Å². The topological polar surface area (TPSA) is 41.5 Å². The molecule has 0 heterocycles. The number of hydrogen-bond donors (Lipinski definition) is 2. The van der Waals surface area contributed by atoms with Crippen molar-refractivity contribution in [2.45, 2.75) is 65.2 Å². The zero-order valence-corrected chi connectivity index (χ0v) is 16.6. The minimum atomic E-state index is -0.483. The number of rotatable bonds is 8. The lowest BCUT2D eigenvalue weighted by Crippen LogP contribution is -2.44. The van der Waals surface area contributed by atoms with Gasteiger partial charge in [-0.1, -0.05) is 63.9 Å². The summed E-state index contributed by atoms with van der Waals surface area (Å²) in [5, 5.41) is 14.1. The molecule has 0 spiro atoms. The van der Waals surface area contributed by atoms with E-state index in [1.54, 1.807) is 0 Å². The van der Waals surface area contributed by atoms with Gasteiger partial charge in [-0.25, -0.2) is 0 Å². The number of ether oxygens (including phenoxy) is 1. The van der Waals surface area contributed by atoms with Crippen molar-refractivity contribution in [2.24, 2.45) is 23.7 Å². The molecule has 1 fully saturated rings. The molecule has 0 aliphatic heterocycles. The molecular formula is C22H37NO2. The van der Waals surface area contributed by atoms with Crippen LogP contribution in [0.4, 0.5) is 0 Å². The van der Waals surface area contributed by atoms with E-state index < -0.39 is 6.10 Å². The van der Waals surface area contributed by atoms with Gasteiger partial charge in [-0.3, -0.25) is 0 Å². The first-order valence-electron chi connectivity index (χ1n) is 9.94. The quantitative estimate of drug-likeness (QED) is 0.731. The van der Waals surface area contributed by atoms with Gasteiger partial charge in [0.1, 0.15) is 0 Å². The number of methoxy groups -OCH3 is 1. The molecule has 0 bridgehead atoms. The molecule has 2 rings (SSSR count). The summed E-state index contributed by atoms with van der Waals surface area (Å²) in [6, 6.07) is 9.91. The fraction of sp³-hybridized carbons (Fsp3) is 0.727. The normalized spacial score (nSPS) is 29.0. The fourth-order valence-electron chi connectivity index (χ4n) is 4.45. The second kappa shape index (κ2) is 9.70. The van der Waals surface area contributed by atoms with Crippen LogP contribution in [0.1, 0.15) is 58.6 Å². The van der Waals surface area contributed by atoms with Gasteiger partial charge >= 0.3 is 0 Å². The van der Waals surface area contributed by atoms with Gasteiger partial charge in [0, 0.05) is 19.7 Å². The Balaban J connectivity index is 1.90. The second-order valence-corrected chi connectivity index (χ2v) is 8.16. The average Bonchev–Trinajstić information content (AvgIpc) is 2.63. The van der Waals surface area contributed by atoms with Crippen LogP contribution < -0.4 is 5.32 Å². The van der Waals surface area contributed by atoms with Crippen LogP contribution in [0, 0.1) is 23.7 Å². The molecule has 142 valence electrons. The molecule has 2 N–H and O–H groups in total. The van der Waals surface area contributed by atoms with Crippen LogP contribution in [0.15, 0.2) is 30.3 Å². The fourth-order valence-corrected chi connectivity index (χ4v) is 4.45. The van der Waals surface area contributed by atoms with Gasteiger partial charge < -0.3 is 15.2 Å². The molecular weight excluding hydrogens is 310 g/mol. The molecule has 7 atom stereocenters. The molecule has 0 aromatic heterocycles. The van der Waals surface area contributed by atoms with Crippen LogP contribution in [-0.2, 0) is 4.74 Å². The predicted octanol–water partition coefficient (Wildman–Crippen LogP) is 4.42. The first kappa shape index (κ1) is 20.4. The van der Waals surface area contributed by atoms with Crippen molar-refractivity contribution in [3.63, 3.8) is 0 Å². The monoisotopic (exact) mass is 347 g/mol. The molecule has 3 heteroatoms.